The van der Waals surface area contributed by atoms with Crippen LogP contribution in [0.25, 0.3) is 55.6 Å². The Balaban J connectivity index is 0.991. The van der Waals surface area contributed by atoms with E-state index in [1.165, 1.54) is 89.0 Å². The molecule has 0 saturated carbocycles. The Bertz CT molecular complexity index is 3350. The quantitative estimate of drug-likeness (QED) is 0.147. The average molecular weight is 830 g/mol. The Hall–Kier alpha value is -8.00. The van der Waals surface area contributed by atoms with Gasteiger partial charge in [0.25, 0.3) is 0 Å². The molecule has 0 N–H and O–H groups in total. The van der Waals surface area contributed by atoms with Crippen molar-refractivity contribution >= 4 is 17.1 Å². The Morgan fingerprint density at radius 2 is 0.708 bits per heavy atom. The van der Waals surface area contributed by atoms with Crippen LogP contribution in [0.4, 0.5) is 17.1 Å². The minimum absolute atomic E-state index is 0.114. The van der Waals surface area contributed by atoms with Crippen molar-refractivity contribution < 1.29 is 0 Å². The van der Waals surface area contributed by atoms with Crippen molar-refractivity contribution in [1.29, 1.82) is 0 Å². The van der Waals surface area contributed by atoms with Crippen LogP contribution in [0.5, 0.6) is 0 Å². The fraction of sp³-hybridized carbons (Fsp3) is 0.0625. The minimum Gasteiger partial charge on any atom is -0.310 e. The highest BCUT2D eigenvalue weighted by molar-refractivity contribution is 5.96. The Labute approximate surface area is 382 Å². The molecule has 10 aromatic rings. The molecule has 65 heavy (non-hydrogen) atoms. The van der Waals surface area contributed by atoms with Crippen molar-refractivity contribution in [3.8, 4) is 55.6 Å². The Morgan fingerprint density at radius 1 is 0.277 bits per heavy atom. The second kappa shape index (κ2) is 15.4. The van der Waals surface area contributed by atoms with E-state index in [2.05, 4.69) is 267 Å². The van der Waals surface area contributed by atoms with E-state index in [0.717, 1.165) is 17.1 Å². The van der Waals surface area contributed by atoms with Gasteiger partial charge in [-0.15, -0.1) is 0 Å². The van der Waals surface area contributed by atoms with E-state index in [4.69, 9.17) is 0 Å². The summed E-state index contributed by atoms with van der Waals surface area (Å²) in [5, 5.41) is 0. The van der Waals surface area contributed by atoms with Gasteiger partial charge in [-0.1, -0.05) is 226 Å². The molecule has 2 aliphatic carbocycles. The lowest BCUT2D eigenvalue weighted by Crippen LogP contribution is -2.28. The van der Waals surface area contributed by atoms with Crippen molar-refractivity contribution in [2.75, 3.05) is 4.90 Å². The van der Waals surface area contributed by atoms with E-state index in [1.807, 2.05) is 0 Å². The van der Waals surface area contributed by atoms with E-state index in [1.54, 1.807) is 0 Å². The van der Waals surface area contributed by atoms with Crippen molar-refractivity contribution in [1.82, 2.24) is 0 Å². The van der Waals surface area contributed by atoms with Crippen LogP contribution in [-0.4, -0.2) is 0 Å². The van der Waals surface area contributed by atoms with Crippen molar-refractivity contribution in [3.05, 3.63) is 282 Å². The number of hydrogen-bond donors (Lipinski definition) is 0. The summed E-state index contributed by atoms with van der Waals surface area (Å²) in [5.74, 6) is 0. The third-order valence-electron chi connectivity index (χ3n) is 14.2. The van der Waals surface area contributed by atoms with Gasteiger partial charge in [-0.25, -0.2) is 0 Å². The number of rotatable bonds is 8. The van der Waals surface area contributed by atoms with Gasteiger partial charge in [0.15, 0.2) is 0 Å². The summed E-state index contributed by atoms with van der Waals surface area (Å²) in [5.41, 5.74) is 23.1. The Kier molecular flexibility index (Phi) is 9.14. The maximum absolute atomic E-state index is 2.42. The standard InChI is InChI=1S/C64H47N/c1-63(2)58-26-14-12-23-55(58)56-42-41-53(43-61(56)63)65(51-37-31-47(32-38-51)45-19-8-4-9-20-45)52-39-33-48(34-40-52)54-25-16-28-60-62(54)57-24-13-15-27-59(57)64(60,49-21-10-5-11-22-49)50-35-29-46(30-36-50)44-17-6-3-7-18-44/h3-43H,1-2H3. The van der Waals surface area contributed by atoms with E-state index in [9.17, 15) is 0 Å². The van der Waals surface area contributed by atoms with Crippen LogP contribution in [0.3, 0.4) is 0 Å². The molecule has 2 aliphatic rings. The highest BCUT2D eigenvalue weighted by Gasteiger charge is 2.47. The number of fused-ring (bicyclic) bond motifs is 6. The summed E-state index contributed by atoms with van der Waals surface area (Å²) in [4.78, 5) is 2.42. The first kappa shape index (κ1) is 38.7. The van der Waals surface area contributed by atoms with Gasteiger partial charge in [-0.3, -0.25) is 0 Å². The molecule has 0 aliphatic heterocycles. The molecular formula is C64H47N. The van der Waals surface area contributed by atoms with Gasteiger partial charge in [0, 0.05) is 22.5 Å². The number of nitrogens with zero attached hydrogens (tertiary/aromatic N) is 1. The summed E-state index contributed by atoms with van der Waals surface area (Å²) >= 11 is 0. The van der Waals surface area contributed by atoms with Crippen LogP contribution in [0.15, 0.2) is 249 Å². The topological polar surface area (TPSA) is 3.24 Å². The van der Waals surface area contributed by atoms with Gasteiger partial charge in [-0.2, -0.15) is 0 Å². The molecule has 1 heteroatoms. The van der Waals surface area contributed by atoms with Gasteiger partial charge in [0.1, 0.15) is 0 Å². The van der Waals surface area contributed by atoms with Gasteiger partial charge >= 0.3 is 0 Å². The van der Waals surface area contributed by atoms with E-state index >= 15 is 0 Å². The lowest BCUT2D eigenvalue weighted by Gasteiger charge is -2.34. The maximum Gasteiger partial charge on any atom is 0.0713 e. The molecule has 0 spiro atoms. The summed E-state index contributed by atoms with van der Waals surface area (Å²) in [7, 11) is 0. The van der Waals surface area contributed by atoms with Gasteiger partial charge < -0.3 is 4.90 Å². The van der Waals surface area contributed by atoms with Crippen LogP contribution in [0.2, 0.25) is 0 Å². The predicted molar refractivity (Wildman–Crippen MR) is 272 cm³/mol. The zero-order chi connectivity index (χ0) is 43.5. The molecule has 0 bridgehead atoms. The first-order chi connectivity index (χ1) is 32.0. The lowest BCUT2D eigenvalue weighted by molar-refractivity contribution is 0.660. The number of hydrogen-bond acceptors (Lipinski definition) is 1. The first-order valence-electron chi connectivity index (χ1n) is 22.8. The molecule has 0 radical (unpaired) electrons. The van der Waals surface area contributed by atoms with Crippen LogP contribution in [0.1, 0.15) is 47.2 Å². The average Bonchev–Trinajstić information content (AvgIpc) is 3.81. The highest BCUT2D eigenvalue weighted by atomic mass is 15.1. The third-order valence-corrected chi connectivity index (χ3v) is 14.2. The first-order valence-corrected chi connectivity index (χ1v) is 22.8. The monoisotopic (exact) mass is 829 g/mol. The molecule has 1 nitrogen and oxygen atoms in total. The molecule has 10 aromatic carbocycles. The summed E-state index contributed by atoms with van der Waals surface area (Å²) < 4.78 is 0. The number of anilines is 3. The van der Waals surface area contributed by atoms with Crippen LogP contribution in [-0.2, 0) is 10.8 Å². The summed E-state index contributed by atoms with van der Waals surface area (Å²) in [6, 6.07) is 91.9. The molecule has 0 aromatic heterocycles. The zero-order valence-electron chi connectivity index (χ0n) is 36.6. The molecule has 308 valence electrons. The van der Waals surface area contributed by atoms with E-state index in [-0.39, 0.29) is 5.41 Å². The SMILES string of the molecule is CC1(C)c2ccccc2-c2ccc(N(c3ccc(-c4ccccc4)cc3)c3ccc(-c4cccc5c4-c4ccccc4C5(c4ccccc4)c4ccc(-c5ccccc5)cc4)cc3)cc21. The van der Waals surface area contributed by atoms with Gasteiger partial charge in [0.2, 0.25) is 0 Å². The third kappa shape index (κ3) is 6.15. The molecular weight excluding hydrogens is 783 g/mol. The normalized spacial score (nSPS) is 15.1. The Morgan fingerprint density at radius 3 is 1.34 bits per heavy atom. The zero-order valence-corrected chi connectivity index (χ0v) is 36.6. The van der Waals surface area contributed by atoms with Crippen LogP contribution in [0, 0.1) is 0 Å². The molecule has 0 fully saturated rings. The molecule has 12 rings (SSSR count). The summed E-state index contributed by atoms with van der Waals surface area (Å²) in [6.45, 7) is 4.72. The van der Waals surface area contributed by atoms with Gasteiger partial charge in [0.05, 0.1) is 5.41 Å². The second-order valence-corrected chi connectivity index (χ2v) is 18.0. The van der Waals surface area contributed by atoms with Gasteiger partial charge in [-0.05, 0) is 125 Å². The molecule has 1 atom stereocenters. The molecule has 1 unspecified atom stereocenters. The lowest BCUT2D eigenvalue weighted by atomic mass is 9.67. The fourth-order valence-corrected chi connectivity index (χ4v) is 11.1. The second-order valence-electron chi connectivity index (χ2n) is 18.0. The minimum atomic E-state index is -0.498. The van der Waals surface area contributed by atoms with Crippen molar-refractivity contribution in [2.24, 2.45) is 0 Å². The van der Waals surface area contributed by atoms with Crippen molar-refractivity contribution in [2.45, 2.75) is 24.7 Å². The maximum atomic E-state index is 2.42. The van der Waals surface area contributed by atoms with E-state index < -0.39 is 5.41 Å². The smallest absolute Gasteiger partial charge is 0.0713 e. The largest absolute Gasteiger partial charge is 0.310 e. The van der Waals surface area contributed by atoms with Crippen molar-refractivity contribution in [3.63, 3.8) is 0 Å². The van der Waals surface area contributed by atoms with Crippen LogP contribution >= 0.6 is 0 Å². The van der Waals surface area contributed by atoms with Crippen LogP contribution < -0.4 is 4.90 Å². The fourth-order valence-electron chi connectivity index (χ4n) is 11.1. The number of benzene rings is 10. The van der Waals surface area contributed by atoms with E-state index in [0.29, 0.717) is 0 Å². The molecule has 0 saturated heterocycles. The molecule has 0 amide bonds. The predicted octanol–water partition coefficient (Wildman–Crippen LogP) is 16.8. The summed E-state index contributed by atoms with van der Waals surface area (Å²) in [6.07, 6.45) is 0. The highest BCUT2D eigenvalue weighted by Crippen LogP contribution is 2.58. The molecule has 0 heterocycles.